The Morgan fingerprint density at radius 2 is 2.03 bits per heavy atom. The number of carbonyl (C=O) groups is 1. The largest absolute Gasteiger partial charge is 1.00 e. The van der Waals surface area contributed by atoms with Gasteiger partial charge in [-0.05, 0) is 43.2 Å². The summed E-state index contributed by atoms with van der Waals surface area (Å²) in [6, 6.07) is 17.3. The molecule has 2 fully saturated rings. The van der Waals surface area contributed by atoms with Gasteiger partial charge in [0, 0.05) is 18.2 Å². The number of hydrogen-bond acceptors (Lipinski definition) is 3. The first-order valence-electron chi connectivity index (χ1n) is 12.2. The highest BCUT2D eigenvalue weighted by Crippen LogP contribution is 2.49. The second-order valence-corrected chi connectivity index (χ2v) is 9.60. The lowest BCUT2D eigenvalue weighted by molar-refractivity contribution is -0.640. The van der Waals surface area contributed by atoms with E-state index in [9.17, 15) is 4.79 Å². The van der Waals surface area contributed by atoms with Crippen molar-refractivity contribution in [1.29, 1.82) is 0 Å². The molecule has 2 saturated heterocycles. The maximum Gasteiger partial charge on any atom is 0.232 e. The predicted octanol–water partition coefficient (Wildman–Crippen LogP) is 0.0975. The van der Waals surface area contributed by atoms with E-state index in [1.807, 2.05) is 12.1 Å². The summed E-state index contributed by atoms with van der Waals surface area (Å²) in [4.78, 5) is 16.3. The summed E-state index contributed by atoms with van der Waals surface area (Å²) in [7, 11) is 1.69. The highest BCUT2D eigenvalue weighted by atomic mass is 35.5. The Bertz CT molecular complexity index is 969. The number of benzene rings is 2. The number of nitrogens with zero attached hydrogens (tertiary/aromatic N) is 1. The van der Waals surface area contributed by atoms with Gasteiger partial charge in [-0.3, -0.25) is 4.79 Å². The van der Waals surface area contributed by atoms with Gasteiger partial charge in [-0.2, -0.15) is 0 Å². The third-order valence-electron chi connectivity index (χ3n) is 8.15. The van der Waals surface area contributed by atoms with Crippen molar-refractivity contribution >= 4 is 5.91 Å². The zero-order valence-corrected chi connectivity index (χ0v) is 20.4. The molecule has 2 unspecified atom stereocenters. The molecule has 5 rings (SSSR count). The van der Waals surface area contributed by atoms with E-state index in [1.54, 1.807) is 7.11 Å². The fourth-order valence-electron chi connectivity index (χ4n) is 6.43. The molecule has 1 amide bonds. The first-order valence-corrected chi connectivity index (χ1v) is 12.2. The van der Waals surface area contributed by atoms with Gasteiger partial charge in [0.2, 0.25) is 5.91 Å². The number of nitrogens with two attached hydrogens (primary N) is 1. The second-order valence-electron chi connectivity index (χ2n) is 9.60. The third kappa shape index (κ3) is 4.10. The van der Waals surface area contributed by atoms with Crippen molar-refractivity contribution < 1.29 is 32.0 Å². The number of rotatable bonds is 4. The van der Waals surface area contributed by atoms with Crippen molar-refractivity contribution in [2.24, 2.45) is 5.92 Å². The van der Waals surface area contributed by atoms with E-state index in [4.69, 9.17) is 9.47 Å². The van der Waals surface area contributed by atoms with Crippen molar-refractivity contribution in [2.45, 2.75) is 50.0 Å². The molecule has 1 spiro atoms. The number of hydrogen-bond donors (Lipinski definition) is 1. The molecule has 6 heteroatoms. The predicted molar refractivity (Wildman–Crippen MR) is 124 cm³/mol. The van der Waals surface area contributed by atoms with Gasteiger partial charge < -0.3 is 32.1 Å². The first-order chi connectivity index (χ1) is 15.7. The van der Waals surface area contributed by atoms with Crippen LogP contribution in [0.15, 0.2) is 48.5 Å². The molecule has 3 aliphatic rings. The van der Waals surface area contributed by atoms with Crippen molar-refractivity contribution in [1.82, 2.24) is 4.90 Å². The topological polar surface area (TPSA) is 55.4 Å². The number of para-hydroxylation sites is 1. The quantitative estimate of drug-likeness (QED) is 0.689. The standard InChI is InChI=1S/C27H34N2O3.ClH/c1-3-21-16-20(19-8-5-4-6-9-19)12-14-29(21)26(30)23-17-28-18-27(23)13-15-32-25-22(27)10-7-11-24(25)31-2;/h4-11,20-21,23,28H,3,12-18H2,1-2H3;1H/t20?,21?,23-,27-;/m0./s1. The molecular formula is C27H35ClN2O3. The van der Waals surface area contributed by atoms with Crippen LogP contribution in [0.3, 0.4) is 0 Å². The number of carbonyl (C=O) groups excluding carboxylic acids is 1. The summed E-state index contributed by atoms with van der Waals surface area (Å²) in [5.41, 5.74) is 2.39. The molecule has 0 radical (unpaired) electrons. The Labute approximate surface area is 203 Å². The number of methoxy groups -OCH3 is 1. The molecular weight excluding hydrogens is 436 g/mol. The van der Waals surface area contributed by atoms with Crippen molar-refractivity contribution in [3.05, 3.63) is 59.7 Å². The maximum absolute atomic E-state index is 14.1. The van der Waals surface area contributed by atoms with E-state index in [-0.39, 0.29) is 23.7 Å². The number of ether oxygens (including phenoxy) is 2. The lowest BCUT2D eigenvalue weighted by Crippen LogP contribution is -3.00. The van der Waals surface area contributed by atoms with E-state index in [1.165, 1.54) is 5.56 Å². The molecule has 0 aromatic heterocycles. The number of halogens is 1. The van der Waals surface area contributed by atoms with Crippen LogP contribution in [-0.4, -0.2) is 50.2 Å². The smallest absolute Gasteiger partial charge is 0.232 e. The van der Waals surface area contributed by atoms with Crippen LogP contribution in [0.4, 0.5) is 0 Å². The van der Waals surface area contributed by atoms with Crippen LogP contribution in [-0.2, 0) is 10.2 Å². The van der Waals surface area contributed by atoms with Crippen LogP contribution in [0.25, 0.3) is 0 Å². The molecule has 2 N–H and O–H groups in total. The van der Waals surface area contributed by atoms with Crippen LogP contribution in [0.1, 0.15) is 49.7 Å². The molecule has 0 saturated carbocycles. The van der Waals surface area contributed by atoms with E-state index in [0.717, 1.165) is 62.4 Å². The molecule has 3 aliphatic heterocycles. The van der Waals surface area contributed by atoms with Crippen LogP contribution in [0.5, 0.6) is 11.5 Å². The summed E-state index contributed by atoms with van der Waals surface area (Å²) >= 11 is 0. The first kappa shape index (κ1) is 23.9. The number of piperidine rings is 1. The van der Waals surface area contributed by atoms with Crippen molar-refractivity contribution in [2.75, 3.05) is 33.4 Å². The highest BCUT2D eigenvalue weighted by molar-refractivity contribution is 5.82. The molecule has 2 aromatic rings. The summed E-state index contributed by atoms with van der Waals surface area (Å²) in [6.07, 6.45) is 4.00. The van der Waals surface area contributed by atoms with E-state index < -0.39 is 0 Å². The van der Waals surface area contributed by atoms with Crippen LogP contribution < -0.4 is 27.2 Å². The second kappa shape index (κ2) is 9.94. The van der Waals surface area contributed by atoms with Gasteiger partial charge in [-0.1, -0.05) is 49.4 Å². The third-order valence-corrected chi connectivity index (χ3v) is 8.15. The molecule has 178 valence electrons. The lowest BCUT2D eigenvalue weighted by atomic mass is 9.68. The number of quaternary nitrogens is 1. The van der Waals surface area contributed by atoms with Crippen LogP contribution >= 0.6 is 0 Å². The summed E-state index contributed by atoms with van der Waals surface area (Å²) in [5, 5.41) is 2.33. The van der Waals surface area contributed by atoms with Gasteiger partial charge >= 0.3 is 0 Å². The molecule has 0 bridgehead atoms. The summed E-state index contributed by atoms with van der Waals surface area (Å²) < 4.78 is 11.6. The minimum atomic E-state index is -0.173. The molecule has 0 aliphatic carbocycles. The van der Waals surface area contributed by atoms with Gasteiger partial charge in [-0.15, -0.1) is 0 Å². The van der Waals surface area contributed by atoms with Crippen LogP contribution in [0.2, 0.25) is 0 Å². The van der Waals surface area contributed by atoms with E-state index in [2.05, 4.69) is 53.5 Å². The monoisotopic (exact) mass is 470 g/mol. The van der Waals surface area contributed by atoms with Gasteiger partial charge in [0.05, 0.1) is 32.2 Å². The molecule has 2 aromatic carbocycles. The highest BCUT2D eigenvalue weighted by Gasteiger charge is 2.55. The molecule has 5 nitrogen and oxygen atoms in total. The van der Waals surface area contributed by atoms with Gasteiger partial charge in [0.25, 0.3) is 0 Å². The zero-order valence-electron chi connectivity index (χ0n) is 19.6. The fraction of sp³-hybridized carbons (Fsp3) is 0.519. The van der Waals surface area contributed by atoms with Crippen molar-refractivity contribution in [3.8, 4) is 11.5 Å². The van der Waals surface area contributed by atoms with E-state index in [0.29, 0.717) is 24.5 Å². The minimum Gasteiger partial charge on any atom is -1.00 e. The van der Waals surface area contributed by atoms with E-state index >= 15 is 0 Å². The Morgan fingerprint density at radius 3 is 2.79 bits per heavy atom. The molecule has 4 atom stereocenters. The zero-order chi connectivity index (χ0) is 22.1. The maximum atomic E-state index is 14.1. The summed E-state index contributed by atoms with van der Waals surface area (Å²) in [6.45, 7) is 5.50. The summed E-state index contributed by atoms with van der Waals surface area (Å²) in [5.74, 6) is 2.48. The fourth-order valence-corrected chi connectivity index (χ4v) is 6.43. The minimum absolute atomic E-state index is 0. The molecule has 33 heavy (non-hydrogen) atoms. The SMILES string of the molecule is CCC1CC(c2ccccc2)CCN1C(=O)[C@@H]1C[NH2+]C[C@]12CCOc1c(OC)cccc12.[Cl-]. The number of amides is 1. The Kier molecular flexibility index (Phi) is 7.20. The lowest BCUT2D eigenvalue weighted by Gasteiger charge is -2.43. The normalized spacial score (nSPS) is 28.5. The average Bonchev–Trinajstić information content (AvgIpc) is 3.27. The number of fused-ring (bicyclic) bond motifs is 2. The van der Waals surface area contributed by atoms with Crippen LogP contribution in [0, 0.1) is 5.92 Å². The van der Waals surface area contributed by atoms with Gasteiger partial charge in [0.15, 0.2) is 11.5 Å². The Balaban J connectivity index is 0.00000259. The van der Waals surface area contributed by atoms with Crippen molar-refractivity contribution in [3.63, 3.8) is 0 Å². The van der Waals surface area contributed by atoms with Gasteiger partial charge in [0.1, 0.15) is 5.92 Å². The Hall–Kier alpha value is -2.24. The average molecular weight is 471 g/mol. The Morgan fingerprint density at radius 1 is 1.21 bits per heavy atom. The van der Waals surface area contributed by atoms with Gasteiger partial charge in [-0.25, -0.2) is 0 Å². The molecule has 3 heterocycles. The number of likely N-dealkylation sites (tertiary alicyclic amines) is 1.